The van der Waals surface area contributed by atoms with E-state index in [1.165, 1.54) is 16.4 Å². The van der Waals surface area contributed by atoms with Gasteiger partial charge in [0.1, 0.15) is 11.0 Å². The van der Waals surface area contributed by atoms with Crippen molar-refractivity contribution in [3.8, 4) is 0 Å². The molecule has 1 aromatic heterocycles. The summed E-state index contributed by atoms with van der Waals surface area (Å²) in [6, 6.07) is 10.2. The number of halogens is 1. The Hall–Kier alpha value is -2.26. The zero-order valence-electron chi connectivity index (χ0n) is 13.5. The summed E-state index contributed by atoms with van der Waals surface area (Å²) in [5, 5.41) is 14.6. The molecule has 2 aromatic rings. The molecule has 0 saturated carbocycles. The number of hydrogen-bond acceptors (Lipinski definition) is 5. The van der Waals surface area contributed by atoms with Crippen LogP contribution in [-0.2, 0) is 17.9 Å². The number of amides is 1. The predicted molar refractivity (Wildman–Crippen MR) is 94.9 cm³/mol. The van der Waals surface area contributed by atoms with Crippen LogP contribution in [-0.4, -0.2) is 56.6 Å². The average molecular weight is 408 g/mol. The molecule has 0 atom stereocenters. The Bertz CT molecular complexity index is 756. The highest BCUT2D eigenvalue weighted by atomic mass is 79.9. The van der Waals surface area contributed by atoms with Crippen LogP contribution in [0.1, 0.15) is 5.56 Å². The number of hydrogen-bond donors (Lipinski definition) is 0. The van der Waals surface area contributed by atoms with Gasteiger partial charge in [0.2, 0.25) is 5.91 Å². The van der Waals surface area contributed by atoms with E-state index in [1.54, 1.807) is 4.90 Å². The highest BCUT2D eigenvalue weighted by Crippen LogP contribution is 2.22. The van der Waals surface area contributed by atoms with E-state index in [0.717, 1.165) is 19.6 Å². The molecule has 1 aliphatic rings. The fourth-order valence-electron chi connectivity index (χ4n) is 2.83. The normalized spacial score (nSPS) is 15.3. The summed E-state index contributed by atoms with van der Waals surface area (Å²) in [5.74, 6) is -0.357. The second-order valence-corrected chi connectivity index (χ2v) is 6.75. The Morgan fingerprint density at radius 2 is 1.88 bits per heavy atom. The lowest BCUT2D eigenvalue weighted by Crippen LogP contribution is -2.49. The molecule has 132 valence electrons. The molecule has 0 bridgehead atoms. The van der Waals surface area contributed by atoms with Crippen LogP contribution in [0.5, 0.6) is 0 Å². The first-order valence-corrected chi connectivity index (χ1v) is 8.73. The van der Waals surface area contributed by atoms with Gasteiger partial charge in [-0.05, 0) is 26.4 Å². The van der Waals surface area contributed by atoms with Gasteiger partial charge in [-0.3, -0.25) is 9.69 Å². The summed E-state index contributed by atoms with van der Waals surface area (Å²) in [4.78, 5) is 26.7. The van der Waals surface area contributed by atoms with Gasteiger partial charge in [0, 0.05) is 32.7 Å². The van der Waals surface area contributed by atoms with Gasteiger partial charge in [0.25, 0.3) is 0 Å². The molecule has 1 aliphatic heterocycles. The molecular weight excluding hydrogens is 390 g/mol. The first-order valence-electron chi connectivity index (χ1n) is 7.94. The minimum atomic E-state index is -0.576. The molecule has 0 aliphatic carbocycles. The number of carbonyl (C=O) groups excluding carboxylic acids is 1. The maximum atomic E-state index is 12.4. The van der Waals surface area contributed by atoms with Gasteiger partial charge in [-0.1, -0.05) is 30.3 Å². The van der Waals surface area contributed by atoms with Crippen molar-refractivity contribution < 1.29 is 9.72 Å². The van der Waals surface area contributed by atoms with E-state index >= 15 is 0 Å². The monoisotopic (exact) mass is 407 g/mol. The van der Waals surface area contributed by atoms with E-state index in [2.05, 4.69) is 38.1 Å². The van der Waals surface area contributed by atoms with Crippen molar-refractivity contribution in [1.82, 2.24) is 19.6 Å². The average Bonchev–Trinajstić information content (AvgIpc) is 2.97. The van der Waals surface area contributed by atoms with Crippen LogP contribution in [0, 0.1) is 10.1 Å². The van der Waals surface area contributed by atoms with Crippen molar-refractivity contribution in [2.45, 2.75) is 13.1 Å². The second-order valence-electron chi connectivity index (χ2n) is 5.90. The zero-order valence-corrected chi connectivity index (χ0v) is 15.1. The molecule has 0 radical (unpaired) electrons. The van der Waals surface area contributed by atoms with Crippen LogP contribution >= 0.6 is 15.9 Å². The van der Waals surface area contributed by atoms with Gasteiger partial charge >= 0.3 is 5.82 Å². The summed E-state index contributed by atoms with van der Waals surface area (Å²) in [5.41, 5.74) is 1.26. The van der Waals surface area contributed by atoms with Crippen LogP contribution in [0.15, 0.2) is 41.0 Å². The topological polar surface area (TPSA) is 84.5 Å². The van der Waals surface area contributed by atoms with Gasteiger partial charge in [0.05, 0.1) is 11.3 Å². The lowest BCUT2D eigenvalue weighted by molar-refractivity contribution is -0.390. The fraction of sp³-hybridized carbons (Fsp3) is 0.375. The summed E-state index contributed by atoms with van der Waals surface area (Å²) in [6.07, 6.45) is 1.46. The van der Waals surface area contributed by atoms with E-state index in [4.69, 9.17) is 0 Å². The maximum absolute atomic E-state index is 12.4. The summed E-state index contributed by atoms with van der Waals surface area (Å²) < 4.78 is 1.58. The Labute approximate surface area is 153 Å². The lowest BCUT2D eigenvalue weighted by atomic mass is 10.2. The molecule has 2 heterocycles. The zero-order chi connectivity index (χ0) is 17.8. The van der Waals surface area contributed by atoms with Crippen LogP contribution in [0.2, 0.25) is 0 Å². The molecule has 3 rings (SSSR count). The van der Waals surface area contributed by atoms with E-state index in [9.17, 15) is 14.9 Å². The van der Waals surface area contributed by atoms with E-state index in [0.29, 0.717) is 13.1 Å². The fourth-order valence-corrected chi connectivity index (χ4v) is 3.29. The van der Waals surface area contributed by atoms with Crippen LogP contribution < -0.4 is 0 Å². The molecule has 9 heteroatoms. The quantitative estimate of drug-likeness (QED) is 0.558. The second kappa shape index (κ2) is 7.75. The van der Waals surface area contributed by atoms with Crippen molar-refractivity contribution in [3.05, 3.63) is 56.7 Å². The Morgan fingerprint density at radius 1 is 1.20 bits per heavy atom. The minimum absolute atomic E-state index is 0.00508. The molecule has 25 heavy (non-hydrogen) atoms. The smallest absolute Gasteiger partial charge is 0.358 e. The van der Waals surface area contributed by atoms with Crippen LogP contribution in [0.25, 0.3) is 0 Å². The van der Waals surface area contributed by atoms with Crippen molar-refractivity contribution in [2.24, 2.45) is 0 Å². The summed E-state index contributed by atoms with van der Waals surface area (Å²) in [7, 11) is 0. The van der Waals surface area contributed by atoms with Gasteiger partial charge in [-0.15, -0.1) is 0 Å². The minimum Gasteiger partial charge on any atom is -0.358 e. The number of nitrogens with zero attached hydrogens (tertiary/aromatic N) is 5. The van der Waals surface area contributed by atoms with Crippen molar-refractivity contribution in [3.63, 3.8) is 0 Å². The van der Waals surface area contributed by atoms with E-state index in [1.807, 2.05) is 18.2 Å². The third-order valence-electron chi connectivity index (χ3n) is 4.14. The number of nitro groups is 1. The van der Waals surface area contributed by atoms with E-state index in [-0.39, 0.29) is 22.7 Å². The molecule has 1 amide bonds. The molecule has 8 nitrogen and oxygen atoms in total. The Morgan fingerprint density at radius 3 is 2.48 bits per heavy atom. The molecule has 1 aromatic carbocycles. The SMILES string of the molecule is O=C(Cn1cc(Br)c([N+](=O)[O-])n1)N1CCN(Cc2ccccc2)CC1. The third kappa shape index (κ3) is 4.43. The standard InChI is InChI=1S/C16H18BrN5O3/c17-14-11-21(18-16(14)22(24)25)12-15(23)20-8-6-19(7-9-20)10-13-4-2-1-3-5-13/h1-5,11H,6-10,12H2. The molecule has 0 N–H and O–H groups in total. The first kappa shape index (κ1) is 17.6. The number of piperazine rings is 1. The summed E-state index contributed by atoms with van der Waals surface area (Å²) >= 11 is 3.09. The number of aromatic nitrogens is 2. The molecule has 1 saturated heterocycles. The first-order chi connectivity index (χ1) is 12.0. The predicted octanol–water partition coefficient (Wildman–Crippen LogP) is 1.90. The molecule has 1 fully saturated rings. The third-order valence-corrected chi connectivity index (χ3v) is 4.70. The lowest BCUT2D eigenvalue weighted by Gasteiger charge is -2.34. The summed E-state index contributed by atoms with van der Waals surface area (Å²) in [6.45, 7) is 3.80. The van der Waals surface area contributed by atoms with Crippen molar-refractivity contribution in [2.75, 3.05) is 26.2 Å². The van der Waals surface area contributed by atoms with Crippen molar-refractivity contribution >= 4 is 27.7 Å². The molecule has 0 spiro atoms. The van der Waals surface area contributed by atoms with Crippen LogP contribution in [0.4, 0.5) is 5.82 Å². The highest BCUT2D eigenvalue weighted by Gasteiger charge is 2.24. The maximum Gasteiger partial charge on any atom is 0.404 e. The van der Waals surface area contributed by atoms with Gasteiger partial charge in [-0.2, -0.15) is 4.68 Å². The molecular formula is C16H18BrN5O3. The Kier molecular flexibility index (Phi) is 5.44. The van der Waals surface area contributed by atoms with Gasteiger partial charge in [-0.25, -0.2) is 0 Å². The molecule has 0 unspecified atom stereocenters. The number of benzene rings is 1. The van der Waals surface area contributed by atoms with Crippen molar-refractivity contribution in [1.29, 1.82) is 0 Å². The number of carbonyl (C=O) groups is 1. The van der Waals surface area contributed by atoms with Gasteiger partial charge in [0.15, 0.2) is 0 Å². The highest BCUT2D eigenvalue weighted by molar-refractivity contribution is 9.10. The number of rotatable bonds is 5. The largest absolute Gasteiger partial charge is 0.404 e. The van der Waals surface area contributed by atoms with E-state index < -0.39 is 4.92 Å². The Balaban J connectivity index is 1.51. The van der Waals surface area contributed by atoms with Crippen LogP contribution in [0.3, 0.4) is 0 Å². The van der Waals surface area contributed by atoms with Gasteiger partial charge < -0.3 is 15.0 Å².